The van der Waals surface area contributed by atoms with E-state index >= 15 is 0 Å². The van der Waals surface area contributed by atoms with Crippen LogP contribution >= 0.6 is 43.2 Å². The van der Waals surface area contributed by atoms with Gasteiger partial charge < -0.3 is 10.1 Å². The molecule has 2 aromatic heterocycles. The molecule has 0 saturated heterocycles. The molecule has 4 rings (SSSR count). The van der Waals surface area contributed by atoms with E-state index in [1.807, 2.05) is 0 Å². The topological polar surface area (TPSA) is 89.8 Å². The van der Waals surface area contributed by atoms with Crippen molar-refractivity contribution in [3.8, 4) is 11.8 Å². The summed E-state index contributed by atoms with van der Waals surface area (Å²) in [5.41, 5.74) is 1.87. The van der Waals surface area contributed by atoms with Crippen molar-refractivity contribution in [3.05, 3.63) is 53.3 Å². The number of phenolic OH excluding ortho intramolecular Hbond substituents is 1. The van der Waals surface area contributed by atoms with E-state index in [1.165, 1.54) is 4.88 Å². The fourth-order valence-corrected chi connectivity index (χ4v) is 6.07. The van der Waals surface area contributed by atoms with Crippen molar-refractivity contribution >= 4 is 65.1 Å². The molecule has 2 N–H and O–H groups in total. The number of H-pyrrole nitrogens is 1. The third-order valence-electron chi connectivity index (χ3n) is 4.89. The van der Waals surface area contributed by atoms with Gasteiger partial charge in [0.1, 0.15) is 16.6 Å². The first-order valence-electron chi connectivity index (χ1n) is 8.72. The van der Waals surface area contributed by atoms with Gasteiger partial charge in [-0.3, -0.25) is 4.79 Å². The Morgan fingerprint density at radius 1 is 1.43 bits per heavy atom. The Kier molecular flexibility index (Phi) is 5.17. The van der Waals surface area contributed by atoms with Crippen molar-refractivity contribution in [3.63, 3.8) is 0 Å². The Labute approximate surface area is 182 Å². The first kappa shape index (κ1) is 19.4. The zero-order valence-electron chi connectivity index (χ0n) is 14.8. The standard InChI is InChI=1S/C20H15Br2N3O2S/c1-9-2-3-12-15(4-9)28-20-16(12)19(27)24-18(25-20)11(8-23)5-10-6-13(21)17(26)14(22)7-10/h5-7,9,26H,2-4H2,1H3,(H,24,25,27)/b11-5+. The summed E-state index contributed by atoms with van der Waals surface area (Å²) in [6.07, 6.45) is 4.58. The van der Waals surface area contributed by atoms with Crippen LogP contribution in [-0.2, 0) is 12.8 Å². The summed E-state index contributed by atoms with van der Waals surface area (Å²) in [5, 5.41) is 20.2. The Morgan fingerprint density at radius 2 is 2.14 bits per heavy atom. The van der Waals surface area contributed by atoms with Gasteiger partial charge >= 0.3 is 0 Å². The summed E-state index contributed by atoms with van der Waals surface area (Å²) >= 11 is 8.12. The maximum absolute atomic E-state index is 12.8. The average Bonchev–Trinajstić information content (AvgIpc) is 3.01. The van der Waals surface area contributed by atoms with Crippen LogP contribution in [0.5, 0.6) is 5.75 Å². The number of thiophene rings is 1. The van der Waals surface area contributed by atoms with Crippen LogP contribution in [0.25, 0.3) is 21.9 Å². The van der Waals surface area contributed by atoms with Gasteiger partial charge in [-0.15, -0.1) is 11.3 Å². The predicted octanol–water partition coefficient (Wildman–Crippen LogP) is 5.40. The number of aryl methyl sites for hydroxylation is 1. The predicted molar refractivity (Wildman–Crippen MR) is 118 cm³/mol. The van der Waals surface area contributed by atoms with Crippen molar-refractivity contribution in [2.24, 2.45) is 5.92 Å². The van der Waals surface area contributed by atoms with Crippen molar-refractivity contribution < 1.29 is 5.11 Å². The molecule has 0 bridgehead atoms. The number of nitrogens with one attached hydrogen (secondary N) is 1. The summed E-state index contributed by atoms with van der Waals surface area (Å²) in [6.45, 7) is 2.22. The molecule has 8 heteroatoms. The summed E-state index contributed by atoms with van der Waals surface area (Å²) < 4.78 is 1.00. The van der Waals surface area contributed by atoms with Gasteiger partial charge in [0.25, 0.3) is 5.56 Å². The third kappa shape index (κ3) is 3.43. The van der Waals surface area contributed by atoms with Crippen LogP contribution in [0.2, 0.25) is 0 Å². The highest BCUT2D eigenvalue weighted by Crippen LogP contribution is 2.36. The molecule has 142 valence electrons. The molecule has 5 nitrogen and oxygen atoms in total. The van der Waals surface area contributed by atoms with Crippen LogP contribution < -0.4 is 5.56 Å². The molecular formula is C20H15Br2N3O2S. The lowest BCUT2D eigenvalue weighted by atomic mass is 9.89. The Hall–Kier alpha value is -1.95. The monoisotopic (exact) mass is 519 g/mol. The Bertz CT molecular complexity index is 1210. The summed E-state index contributed by atoms with van der Waals surface area (Å²) in [5.74, 6) is 0.953. The second-order valence-electron chi connectivity index (χ2n) is 6.95. The van der Waals surface area contributed by atoms with Crippen molar-refractivity contribution in [2.75, 3.05) is 0 Å². The van der Waals surface area contributed by atoms with Gasteiger partial charge in [-0.1, -0.05) is 6.92 Å². The highest BCUT2D eigenvalue weighted by molar-refractivity contribution is 9.11. The summed E-state index contributed by atoms with van der Waals surface area (Å²) in [4.78, 5) is 22.1. The molecule has 0 saturated carbocycles. The molecule has 1 aliphatic carbocycles. The number of fused-ring (bicyclic) bond motifs is 3. The average molecular weight is 521 g/mol. The zero-order chi connectivity index (χ0) is 20.0. The normalized spacial score (nSPS) is 16.8. The molecule has 0 amide bonds. The lowest BCUT2D eigenvalue weighted by Gasteiger charge is -2.17. The second-order valence-corrected chi connectivity index (χ2v) is 9.74. The van der Waals surface area contributed by atoms with E-state index in [1.54, 1.807) is 29.5 Å². The van der Waals surface area contributed by atoms with E-state index < -0.39 is 0 Å². The van der Waals surface area contributed by atoms with Crippen LogP contribution in [0.15, 0.2) is 25.9 Å². The number of allylic oxidation sites excluding steroid dienone is 1. The maximum Gasteiger partial charge on any atom is 0.260 e. The van der Waals surface area contributed by atoms with E-state index in [4.69, 9.17) is 0 Å². The number of aromatic hydroxyl groups is 1. The molecular weight excluding hydrogens is 506 g/mol. The number of aromatic amines is 1. The Balaban J connectivity index is 1.84. The van der Waals surface area contributed by atoms with Gasteiger partial charge in [0.05, 0.1) is 19.9 Å². The fourth-order valence-electron chi connectivity index (χ4n) is 3.47. The third-order valence-corrected chi connectivity index (χ3v) is 7.25. The molecule has 2 heterocycles. The van der Waals surface area contributed by atoms with Gasteiger partial charge in [-0.2, -0.15) is 5.26 Å². The van der Waals surface area contributed by atoms with E-state index in [0.29, 0.717) is 30.6 Å². The number of benzene rings is 1. The summed E-state index contributed by atoms with van der Waals surface area (Å²) in [6, 6.07) is 5.51. The molecule has 1 aliphatic rings. The molecule has 3 aromatic rings. The van der Waals surface area contributed by atoms with Gasteiger partial charge in [0, 0.05) is 4.88 Å². The minimum Gasteiger partial charge on any atom is -0.506 e. The number of halogens is 2. The number of nitriles is 1. The van der Waals surface area contributed by atoms with Gasteiger partial charge in [0.15, 0.2) is 5.82 Å². The van der Waals surface area contributed by atoms with Crippen LogP contribution in [0.1, 0.15) is 35.2 Å². The number of phenols is 1. The fraction of sp³-hybridized carbons (Fsp3) is 0.250. The largest absolute Gasteiger partial charge is 0.506 e. The SMILES string of the molecule is CC1CCc2c(sc3nc(/C(C#N)=C/c4cc(Br)c(O)c(Br)c4)[nH]c(=O)c23)C1. The van der Waals surface area contributed by atoms with Crippen molar-refractivity contribution in [1.29, 1.82) is 5.26 Å². The smallest absolute Gasteiger partial charge is 0.260 e. The molecule has 0 aliphatic heterocycles. The first-order chi connectivity index (χ1) is 13.4. The number of rotatable bonds is 2. The van der Waals surface area contributed by atoms with Crippen LogP contribution in [0, 0.1) is 17.2 Å². The zero-order valence-corrected chi connectivity index (χ0v) is 18.8. The molecule has 0 spiro atoms. The van der Waals surface area contributed by atoms with Gasteiger partial charge in [0.2, 0.25) is 0 Å². The minimum absolute atomic E-state index is 0.0852. The molecule has 1 unspecified atom stereocenters. The number of hydrogen-bond acceptors (Lipinski definition) is 5. The van der Waals surface area contributed by atoms with E-state index in [-0.39, 0.29) is 22.7 Å². The highest BCUT2D eigenvalue weighted by atomic mass is 79.9. The molecule has 28 heavy (non-hydrogen) atoms. The molecule has 1 atom stereocenters. The Morgan fingerprint density at radius 3 is 2.82 bits per heavy atom. The lowest BCUT2D eigenvalue weighted by Crippen LogP contribution is -2.14. The van der Waals surface area contributed by atoms with Gasteiger partial charge in [-0.25, -0.2) is 4.98 Å². The molecule has 1 aromatic carbocycles. The number of hydrogen-bond donors (Lipinski definition) is 2. The summed E-state index contributed by atoms with van der Waals surface area (Å²) in [7, 11) is 0. The number of aromatic nitrogens is 2. The lowest BCUT2D eigenvalue weighted by molar-refractivity contribution is 0.468. The quantitative estimate of drug-likeness (QED) is 0.442. The maximum atomic E-state index is 12.8. The second kappa shape index (κ2) is 7.47. The minimum atomic E-state index is -0.193. The molecule has 0 radical (unpaired) electrons. The van der Waals surface area contributed by atoms with E-state index in [2.05, 4.69) is 54.8 Å². The first-order valence-corrected chi connectivity index (χ1v) is 11.1. The van der Waals surface area contributed by atoms with Gasteiger partial charge in [-0.05, 0) is 86.4 Å². The number of nitrogens with zero attached hydrogens (tertiary/aromatic N) is 2. The highest BCUT2D eigenvalue weighted by Gasteiger charge is 2.23. The van der Waals surface area contributed by atoms with Crippen LogP contribution in [-0.4, -0.2) is 15.1 Å². The van der Waals surface area contributed by atoms with Crippen molar-refractivity contribution in [1.82, 2.24) is 9.97 Å². The van der Waals surface area contributed by atoms with Crippen LogP contribution in [0.4, 0.5) is 0 Å². The van der Waals surface area contributed by atoms with E-state index in [0.717, 1.165) is 24.8 Å². The van der Waals surface area contributed by atoms with Crippen molar-refractivity contribution in [2.45, 2.75) is 26.2 Å². The van der Waals surface area contributed by atoms with E-state index in [9.17, 15) is 15.2 Å². The molecule has 0 fully saturated rings. The van der Waals surface area contributed by atoms with Crippen LogP contribution in [0.3, 0.4) is 0 Å².